The molecule has 0 aliphatic carbocycles. The van der Waals surface area contributed by atoms with Gasteiger partial charge in [0.25, 0.3) is 0 Å². The summed E-state index contributed by atoms with van der Waals surface area (Å²) in [6.07, 6.45) is 5.45. The van der Waals surface area contributed by atoms with Gasteiger partial charge >= 0.3 is 0 Å². The third kappa shape index (κ3) is 2.50. The van der Waals surface area contributed by atoms with Crippen LogP contribution in [-0.2, 0) is 6.42 Å². The van der Waals surface area contributed by atoms with Gasteiger partial charge in [-0.2, -0.15) is 0 Å². The molecule has 0 N–H and O–H groups in total. The minimum atomic E-state index is 0.974. The van der Waals surface area contributed by atoms with Gasteiger partial charge in [-0.05, 0) is 24.5 Å². The predicted molar refractivity (Wildman–Crippen MR) is 62.8 cm³/mol. The van der Waals surface area contributed by atoms with Crippen molar-refractivity contribution in [2.45, 2.75) is 26.2 Å². The molecule has 1 nitrogen and oxygen atoms in total. The van der Waals surface area contributed by atoms with Crippen LogP contribution in [0.1, 0.15) is 25.3 Å². The molecule has 0 spiro atoms. The SMILES string of the molecule is CCCCc1coc(-c2ccccc2)c1. The van der Waals surface area contributed by atoms with E-state index in [1.54, 1.807) is 0 Å². The molecular formula is C14H16O. The Morgan fingerprint density at radius 2 is 1.93 bits per heavy atom. The second-order valence-corrected chi connectivity index (χ2v) is 3.79. The zero-order chi connectivity index (χ0) is 10.5. The molecule has 1 heteroatoms. The maximum Gasteiger partial charge on any atom is 0.134 e. The Hall–Kier alpha value is -1.50. The molecule has 1 aromatic heterocycles. The van der Waals surface area contributed by atoms with Crippen molar-refractivity contribution in [3.63, 3.8) is 0 Å². The summed E-state index contributed by atoms with van der Waals surface area (Å²) in [6.45, 7) is 2.21. The zero-order valence-electron chi connectivity index (χ0n) is 9.07. The average Bonchev–Trinajstić information content (AvgIpc) is 2.76. The highest BCUT2D eigenvalue weighted by atomic mass is 16.3. The van der Waals surface area contributed by atoms with E-state index in [4.69, 9.17) is 4.42 Å². The largest absolute Gasteiger partial charge is 0.464 e. The van der Waals surface area contributed by atoms with E-state index in [2.05, 4.69) is 25.1 Å². The average molecular weight is 200 g/mol. The summed E-state index contributed by atoms with van der Waals surface area (Å²) in [7, 11) is 0. The van der Waals surface area contributed by atoms with Crippen molar-refractivity contribution >= 4 is 0 Å². The van der Waals surface area contributed by atoms with Gasteiger partial charge in [0.1, 0.15) is 5.76 Å². The summed E-state index contributed by atoms with van der Waals surface area (Å²) in [5.41, 5.74) is 2.45. The number of hydrogen-bond acceptors (Lipinski definition) is 1. The summed E-state index contributed by atoms with van der Waals surface area (Å²) >= 11 is 0. The number of hydrogen-bond donors (Lipinski definition) is 0. The van der Waals surface area contributed by atoms with E-state index in [-0.39, 0.29) is 0 Å². The first-order valence-corrected chi connectivity index (χ1v) is 5.53. The number of aryl methyl sites for hydroxylation is 1. The van der Waals surface area contributed by atoms with Gasteiger partial charge in [-0.1, -0.05) is 43.7 Å². The maximum atomic E-state index is 5.55. The lowest BCUT2D eigenvalue weighted by Crippen LogP contribution is -1.78. The van der Waals surface area contributed by atoms with E-state index < -0.39 is 0 Å². The summed E-state index contributed by atoms with van der Waals surface area (Å²) < 4.78 is 5.55. The number of furan rings is 1. The van der Waals surface area contributed by atoms with Crippen LogP contribution in [0.5, 0.6) is 0 Å². The van der Waals surface area contributed by atoms with Crippen LogP contribution in [0.15, 0.2) is 47.1 Å². The van der Waals surface area contributed by atoms with Crippen molar-refractivity contribution in [2.75, 3.05) is 0 Å². The Kier molecular flexibility index (Phi) is 3.23. The zero-order valence-corrected chi connectivity index (χ0v) is 9.07. The van der Waals surface area contributed by atoms with Crippen LogP contribution >= 0.6 is 0 Å². The summed E-state index contributed by atoms with van der Waals surface area (Å²) in [6, 6.07) is 12.4. The smallest absolute Gasteiger partial charge is 0.134 e. The van der Waals surface area contributed by atoms with E-state index in [1.807, 2.05) is 24.5 Å². The highest BCUT2D eigenvalue weighted by Crippen LogP contribution is 2.22. The molecule has 15 heavy (non-hydrogen) atoms. The Morgan fingerprint density at radius 1 is 1.13 bits per heavy atom. The molecule has 0 fully saturated rings. The van der Waals surface area contributed by atoms with E-state index in [0.29, 0.717) is 0 Å². The van der Waals surface area contributed by atoms with Crippen molar-refractivity contribution in [1.82, 2.24) is 0 Å². The van der Waals surface area contributed by atoms with Crippen molar-refractivity contribution in [3.8, 4) is 11.3 Å². The molecule has 0 amide bonds. The third-order valence-corrected chi connectivity index (χ3v) is 2.53. The fourth-order valence-electron chi connectivity index (χ4n) is 1.64. The van der Waals surface area contributed by atoms with E-state index in [1.165, 1.54) is 18.4 Å². The quantitative estimate of drug-likeness (QED) is 0.717. The van der Waals surface area contributed by atoms with Gasteiger partial charge in [-0.15, -0.1) is 0 Å². The first-order chi connectivity index (χ1) is 7.40. The highest BCUT2D eigenvalue weighted by molar-refractivity contribution is 5.57. The summed E-state index contributed by atoms with van der Waals surface area (Å²) in [4.78, 5) is 0. The standard InChI is InChI=1S/C14H16O/c1-2-3-7-12-10-14(15-11-12)13-8-5-4-6-9-13/h4-6,8-11H,2-3,7H2,1H3. The molecule has 0 bridgehead atoms. The molecule has 0 unspecified atom stereocenters. The minimum Gasteiger partial charge on any atom is -0.464 e. The predicted octanol–water partition coefficient (Wildman–Crippen LogP) is 4.29. The van der Waals surface area contributed by atoms with Crippen molar-refractivity contribution in [3.05, 3.63) is 48.2 Å². The fraction of sp³-hybridized carbons (Fsp3) is 0.286. The first-order valence-electron chi connectivity index (χ1n) is 5.53. The van der Waals surface area contributed by atoms with E-state index in [9.17, 15) is 0 Å². The van der Waals surface area contributed by atoms with Crippen LogP contribution in [0, 0.1) is 0 Å². The van der Waals surface area contributed by atoms with Gasteiger partial charge in [0.15, 0.2) is 0 Å². The molecule has 0 aliphatic rings. The van der Waals surface area contributed by atoms with Crippen LogP contribution in [0.4, 0.5) is 0 Å². The molecule has 2 aromatic rings. The van der Waals surface area contributed by atoms with Gasteiger partial charge in [0.05, 0.1) is 6.26 Å². The lowest BCUT2D eigenvalue weighted by atomic mass is 10.1. The Bertz CT molecular complexity index is 400. The van der Waals surface area contributed by atoms with Crippen LogP contribution in [0.2, 0.25) is 0 Å². The van der Waals surface area contributed by atoms with Crippen LogP contribution < -0.4 is 0 Å². The van der Waals surface area contributed by atoms with Gasteiger partial charge in [-0.25, -0.2) is 0 Å². The van der Waals surface area contributed by atoms with E-state index in [0.717, 1.165) is 17.7 Å². The lowest BCUT2D eigenvalue weighted by Gasteiger charge is -1.93. The highest BCUT2D eigenvalue weighted by Gasteiger charge is 2.03. The summed E-state index contributed by atoms with van der Waals surface area (Å²) in [5, 5.41) is 0. The molecule has 78 valence electrons. The van der Waals surface area contributed by atoms with Crippen molar-refractivity contribution in [1.29, 1.82) is 0 Å². The molecule has 0 aliphatic heterocycles. The normalized spacial score (nSPS) is 10.5. The lowest BCUT2D eigenvalue weighted by molar-refractivity contribution is 0.577. The monoisotopic (exact) mass is 200 g/mol. The van der Waals surface area contributed by atoms with Crippen LogP contribution in [-0.4, -0.2) is 0 Å². The number of rotatable bonds is 4. The van der Waals surface area contributed by atoms with Crippen molar-refractivity contribution in [2.24, 2.45) is 0 Å². The Morgan fingerprint density at radius 3 is 2.67 bits per heavy atom. The van der Waals surface area contributed by atoms with Crippen LogP contribution in [0.3, 0.4) is 0 Å². The number of unbranched alkanes of at least 4 members (excludes halogenated alkanes) is 1. The molecule has 0 saturated carbocycles. The van der Waals surface area contributed by atoms with Crippen LogP contribution in [0.25, 0.3) is 11.3 Å². The number of benzene rings is 1. The molecule has 0 atom stereocenters. The van der Waals surface area contributed by atoms with Gasteiger partial charge in [0, 0.05) is 5.56 Å². The molecule has 2 rings (SSSR count). The third-order valence-electron chi connectivity index (χ3n) is 2.53. The second-order valence-electron chi connectivity index (χ2n) is 3.79. The van der Waals surface area contributed by atoms with Gasteiger partial charge in [-0.3, -0.25) is 0 Å². The Balaban J connectivity index is 2.14. The molecule has 0 radical (unpaired) electrons. The molecule has 0 saturated heterocycles. The topological polar surface area (TPSA) is 13.1 Å². The fourth-order valence-corrected chi connectivity index (χ4v) is 1.64. The van der Waals surface area contributed by atoms with Gasteiger partial charge in [0.2, 0.25) is 0 Å². The maximum absolute atomic E-state index is 5.55. The molecule has 1 aromatic carbocycles. The minimum absolute atomic E-state index is 0.974. The molecule has 1 heterocycles. The molecular weight excluding hydrogens is 184 g/mol. The summed E-state index contributed by atoms with van der Waals surface area (Å²) in [5.74, 6) is 0.974. The van der Waals surface area contributed by atoms with Crippen molar-refractivity contribution < 1.29 is 4.42 Å². The van der Waals surface area contributed by atoms with Gasteiger partial charge < -0.3 is 4.42 Å². The first kappa shape index (κ1) is 10.0. The second kappa shape index (κ2) is 4.83. The van der Waals surface area contributed by atoms with E-state index >= 15 is 0 Å². The Labute approximate surface area is 90.7 Å².